The number of H-pyrrole nitrogens is 1. The van der Waals surface area contributed by atoms with Crippen molar-refractivity contribution in [1.82, 2.24) is 14.9 Å². The molecule has 0 aliphatic carbocycles. The van der Waals surface area contributed by atoms with E-state index < -0.39 is 23.3 Å². The summed E-state index contributed by atoms with van der Waals surface area (Å²) in [5, 5.41) is 5.81. The number of benzene rings is 1. The maximum absolute atomic E-state index is 12.4. The van der Waals surface area contributed by atoms with Crippen molar-refractivity contribution in [2.75, 3.05) is 5.32 Å². The van der Waals surface area contributed by atoms with E-state index in [4.69, 9.17) is 11.6 Å². The highest BCUT2D eigenvalue weighted by molar-refractivity contribution is 6.30. The molecule has 1 aliphatic rings. The summed E-state index contributed by atoms with van der Waals surface area (Å²) in [5.74, 6) is 0.242. The normalized spacial score (nSPS) is 16.2. The van der Waals surface area contributed by atoms with Crippen LogP contribution < -0.4 is 21.9 Å². The molecule has 7 nitrogen and oxygen atoms in total. The third kappa shape index (κ3) is 2.94. The molecule has 2 heterocycles. The van der Waals surface area contributed by atoms with Gasteiger partial charge in [0.2, 0.25) is 0 Å². The molecule has 3 N–H and O–H groups in total. The van der Waals surface area contributed by atoms with Gasteiger partial charge in [-0.15, -0.1) is 0 Å². The van der Waals surface area contributed by atoms with Gasteiger partial charge in [0.05, 0.1) is 11.6 Å². The molecule has 0 spiro atoms. The van der Waals surface area contributed by atoms with Crippen molar-refractivity contribution in [3.05, 3.63) is 61.3 Å². The number of nitrogens with one attached hydrogen (secondary N) is 3. The first-order valence-corrected chi connectivity index (χ1v) is 8.09. The number of carbonyl (C=O) groups excluding carboxylic acids is 1. The molecule has 1 aliphatic heterocycles. The smallest absolute Gasteiger partial charge is 0.327 e. The number of nitrogens with zero attached hydrogens (tertiary/aromatic N) is 1. The fourth-order valence-electron chi connectivity index (χ4n) is 2.80. The molecule has 0 bridgehead atoms. The number of rotatable bonds is 4. The van der Waals surface area contributed by atoms with Gasteiger partial charge in [0, 0.05) is 11.6 Å². The summed E-state index contributed by atoms with van der Waals surface area (Å²) >= 11 is 6.02. The lowest BCUT2D eigenvalue weighted by Crippen LogP contribution is -2.46. The quantitative estimate of drug-likeness (QED) is 0.790. The SMILES string of the molecule is CCCCn1c2c(c(=O)[nH]c1=O)C(c1cccc(Cl)c1)NC(=O)N2. The van der Waals surface area contributed by atoms with Crippen molar-refractivity contribution < 1.29 is 4.79 Å². The van der Waals surface area contributed by atoms with Gasteiger partial charge in [-0.2, -0.15) is 0 Å². The minimum Gasteiger partial charge on any atom is -0.327 e. The van der Waals surface area contributed by atoms with Gasteiger partial charge in [0.1, 0.15) is 5.82 Å². The fraction of sp³-hybridized carbons (Fsp3) is 0.312. The molecule has 1 aromatic heterocycles. The number of aromatic amines is 1. The van der Waals surface area contributed by atoms with E-state index in [0.29, 0.717) is 22.7 Å². The van der Waals surface area contributed by atoms with Crippen LogP contribution in [0.15, 0.2) is 33.9 Å². The van der Waals surface area contributed by atoms with Crippen LogP contribution in [0, 0.1) is 0 Å². The zero-order chi connectivity index (χ0) is 17.3. The summed E-state index contributed by atoms with van der Waals surface area (Å²) in [5.41, 5.74) is -0.0863. The maximum atomic E-state index is 12.4. The molecule has 2 aromatic rings. The Kier molecular flexibility index (Phi) is 4.44. The highest BCUT2D eigenvalue weighted by Gasteiger charge is 2.31. The van der Waals surface area contributed by atoms with Gasteiger partial charge < -0.3 is 5.32 Å². The highest BCUT2D eigenvalue weighted by Crippen LogP contribution is 2.29. The Bertz CT molecular complexity index is 903. The van der Waals surface area contributed by atoms with Gasteiger partial charge in [-0.05, 0) is 24.1 Å². The maximum Gasteiger partial charge on any atom is 0.329 e. The first-order chi connectivity index (χ1) is 11.5. The van der Waals surface area contributed by atoms with E-state index in [9.17, 15) is 14.4 Å². The first-order valence-electron chi connectivity index (χ1n) is 7.71. The van der Waals surface area contributed by atoms with E-state index in [-0.39, 0.29) is 5.82 Å². The number of fused-ring (bicyclic) bond motifs is 1. The predicted molar refractivity (Wildman–Crippen MR) is 91.7 cm³/mol. The second-order valence-electron chi connectivity index (χ2n) is 5.61. The van der Waals surface area contributed by atoms with E-state index in [1.54, 1.807) is 24.3 Å². The van der Waals surface area contributed by atoms with Gasteiger partial charge in [-0.3, -0.25) is 19.7 Å². The molecular formula is C16H17ClN4O3. The summed E-state index contributed by atoms with van der Waals surface area (Å²) in [4.78, 5) is 38.9. The third-order valence-electron chi connectivity index (χ3n) is 3.95. The van der Waals surface area contributed by atoms with Crippen molar-refractivity contribution in [2.45, 2.75) is 32.4 Å². The Morgan fingerprint density at radius 1 is 1.25 bits per heavy atom. The van der Waals surface area contributed by atoms with Crippen LogP contribution in [0.5, 0.6) is 0 Å². The summed E-state index contributed by atoms with van der Waals surface area (Å²) in [6.07, 6.45) is 1.63. The second kappa shape index (κ2) is 6.52. The van der Waals surface area contributed by atoms with Crippen molar-refractivity contribution >= 4 is 23.4 Å². The molecule has 2 amide bonds. The summed E-state index contributed by atoms with van der Waals surface area (Å²) in [6.45, 7) is 2.41. The van der Waals surface area contributed by atoms with Crippen LogP contribution in [0.4, 0.5) is 10.6 Å². The van der Waals surface area contributed by atoms with Crippen molar-refractivity contribution in [3.8, 4) is 0 Å². The van der Waals surface area contributed by atoms with E-state index in [0.717, 1.165) is 12.8 Å². The molecular weight excluding hydrogens is 332 g/mol. The molecule has 0 saturated carbocycles. The van der Waals surface area contributed by atoms with Gasteiger partial charge in [-0.25, -0.2) is 9.59 Å². The second-order valence-corrected chi connectivity index (χ2v) is 6.05. The zero-order valence-electron chi connectivity index (χ0n) is 13.1. The van der Waals surface area contributed by atoms with Crippen LogP contribution in [0.25, 0.3) is 0 Å². The number of unbranched alkanes of at least 4 members (excludes halogenated alkanes) is 1. The van der Waals surface area contributed by atoms with Gasteiger partial charge in [0.25, 0.3) is 5.56 Å². The Labute approximate surface area is 142 Å². The van der Waals surface area contributed by atoms with Crippen LogP contribution >= 0.6 is 11.6 Å². The summed E-state index contributed by atoms with van der Waals surface area (Å²) < 4.78 is 1.40. The lowest BCUT2D eigenvalue weighted by atomic mass is 9.98. The fourth-order valence-corrected chi connectivity index (χ4v) is 3.00. The minimum atomic E-state index is -0.676. The molecule has 1 atom stereocenters. The van der Waals surface area contributed by atoms with Crippen molar-refractivity contribution in [1.29, 1.82) is 0 Å². The first kappa shape index (κ1) is 16.3. The summed E-state index contributed by atoms with van der Waals surface area (Å²) in [7, 11) is 0. The number of hydrogen-bond donors (Lipinski definition) is 3. The van der Waals surface area contributed by atoms with Crippen LogP contribution in [0.1, 0.15) is 36.9 Å². The molecule has 1 aromatic carbocycles. The zero-order valence-corrected chi connectivity index (χ0v) is 13.8. The molecule has 0 fully saturated rings. The number of hydrogen-bond acceptors (Lipinski definition) is 3. The Morgan fingerprint density at radius 3 is 2.75 bits per heavy atom. The highest BCUT2D eigenvalue weighted by atomic mass is 35.5. The Balaban J connectivity index is 2.20. The summed E-state index contributed by atoms with van der Waals surface area (Å²) in [6, 6.07) is 5.76. The standard InChI is InChI=1S/C16H17ClN4O3/c1-2-3-7-21-13-11(14(22)20-16(21)24)12(18-15(23)19-13)9-5-4-6-10(17)8-9/h4-6,8,12H,2-3,7H2,1H3,(H2,18,19,23)(H,20,22,24). The largest absolute Gasteiger partial charge is 0.329 e. The number of aromatic nitrogens is 2. The Hall–Kier alpha value is -2.54. The lowest BCUT2D eigenvalue weighted by molar-refractivity contribution is 0.248. The van der Waals surface area contributed by atoms with E-state index in [1.165, 1.54) is 4.57 Å². The number of anilines is 1. The molecule has 126 valence electrons. The van der Waals surface area contributed by atoms with E-state index in [2.05, 4.69) is 15.6 Å². The molecule has 0 radical (unpaired) electrons. The monoisotopic (exact) mass is 348 g/mol. The van der Waals surface area contributed by atoms with Gasteiger partial charge in [-0.1, -0.05) is 37.1 Å². The average Bonchev–Trinajstić information content (AvgIpc) is 2.53. The molecule has 0 saturated heterocycles. The predicted octanol–water partition coefficient (Wildman–Crippen LogP) is 2.21. The number of urea groups is 1. The van der Waals surface area contributed by atoms with Crippen LogP contribution in [0.3, 0.4) is 0 Å². The van der Waals surface area contributed by atoms with E-state index >= 15 is 0 Å². The van der Waals surface area contributed by atoms with Crippen LogP contribution in [-0.4, -0.2) is 15.6 Å². The van der Waals surface area contributed by atoms with Crippen LogP contribution in [-0.2, 0) is 6.54 Å². The molecule has 3 rings (SSSR count). The Morgan fingerprint density at radius 2 is 2.04 bits per heavy atom. The lowest BCUT2D eigenvalue weighted by Gasteiger charge is -2.28. The molecule has 24 heavy (non-hydrogen) atoms. The van der Waals surface area contributed by atoms with Crippen molar-refractivity contribution in [2.24, 2.45) is 0 Å². The van der Waals surface area contributed by atoms with Gasteiger partial charge >= 0.3 is 11.7 Å². The number of amides is 2. The van der Waals surface area contributed by atoms with E-state index in [1.807, 2.05) is 6.92 Å². The number of carbonyl (C=O) groups is 1. The minimum absolute atomic E-state index is 0.242. The topological polar surface area (TPSA) is 96.0 Å². The number of halogens is 1. The average molecular weight is 349 g/mol. The third-order valence-corrected chi connectivity index (χ3v) is 4.18. The van der Waals surface area contributed by atoms with Crippen LogP contribution in [0.2, 0.25) is 5.02 Å². The molecule has 1 unspecified atom stereocenters. The molecule has 8 heteroatoms. The van der Waals surface area contributed by atoms with Gasteiger partial charge in [0.15, 0.2) is 0 Å². The van der Waals surface area contributed by atoms with Crippen molar-refractivity contribution in [3.63, 3.8) is 0 Å².